The molecule has 2 aromatic carbocycles. The summed E-state index contributed by atoms with van der Waals surface area (Å²) >= 11 is 2.39. The third kappa shape index (κ3) is 6.20. The summed E-state index contributed by atoms with van der Waals surface area (Å²) in [6, 6.07) is 15.0. The molecule has 1 atom stereocenters. The topological polar surface area (TPSA) is 71.0 Å². The molecule has 4 rings (SSSR count). The van der Waals surface area contributed by atoms with Crippen LogP contribution in [0.15, 0.2) is 60.4 Å². The highest BCUT2D eigenvalue weighted by molar-refractivity contribution is 14.1. The van der Waals surface area contributed by atoms with Gasteiger partial charge in [-0.3, -0.25) is 0 Å². The third-order valence-electron chi connectivity index (χ3n) is 6.20. The van der Waals surface area contributed by atoms with Crippen molar-refractivity contribution in [2.24, 2.45) is 5.92 Å². The number of benzene rings is 2. The number of rotatable bonds is 8. The van der Waals surface area contributed by atoms with E-state index >= 15 is 0 Å². The average Bonchev–Trinajstić information content (AvgIpc) is 2.85. The maximum absolute atomic E-state index is 12.9. The Morgan fingerprint density at radius 2 is 1.91 bits per heavy atom. The van der Waals surface area contributed by atoms with Gasteiger partial charge < -0.3 is 24.8 Å². The van der Waals surface area contributed by atoms with Crippen LogP contribution in [0, 0.1) is 5.92 Å². The Morgan fingerprint density at radius 1 is 1.12 bits per heavy atom. The molecule has 0 radical (unpaired) electrons. The van der Waals surface area contributed by atoms with E-state index in [4.69, 9.17) is 9.47 Å². The van der Waals surface area contributed by atoms with E-state index in [0.29, 0.717) is 18.2 Å². The minimum atomic E-state index is -0.257. The number of nitrogens with one attached hydrogen (secondary N) is 1. The fourth-order valence-corrected chi connectivity index (χ4v) is 5.34. The highest BCUT2D eigenvalue weighted by Gasteiger charge is 2.29. The molecule has 0 saturated heterocycles. The van der Waals surface area contributed by atoms with E-state index < -0.39 is 0 Å². The van der Waals surface area contributed by atoms with Gasteiger partial charge in [-0.15, -0.1) is 0 Å². The van der Waals surface area contributed by atoms with Crippen LogP contribution >= 0.6 is 22.6 Å². The van der Waals surface area contributed by atoms with Crippen LogP contribution < -0.4 is 14.8 Å². The van der Waals surface area contributed by atoms with E-state index in [-0.39, 0.29) is 23.1 Å². The van der Waals surface area contributed by atoms with Crippen molar-refractivity contribution in [2.75, 3.05) is 31.6 Å². The molecule has 0 spiro atoms. The van der Waals surface area contributed by atoms with Crippen molar-refractivity contribution in [3.8, 4) is 11.5 Å². The van der Waals surface area contributed by atoms with Gasteiger partial charge in [0, 0.05) is 24.4 Å². The van der Waals surface area contributed by atoms with Crippen molar-refractivity contribution in [1.29, 1.82) is 0 Å². The fraction of sp³-hybridized carbons (Fsp3) is 0.423. The zero-order valence-electron chi connectivity index (χ0n) is 18.7. The second-order valence-electron chi connectivity index (χ2n) is 8.60. The largest absolute Gasteiger partial charge is 0.493 e. The zero-order chi connectivity index (χ0) is 23.0. The molecule has 1 saturated carbocycles. The Balaban J connectivity index is 1.45. The number of aliphatic hydroxyl groups excluding tert-OH is 1. The van der Waals surface area contributed by atoms with Crippen molar-refractivity contribution in [3.05, 3.63) is 65.9 Å². The lowest BCUT2D eigenvalue weighted by Crippen LogP contribution is -2.39. The standard InChI is InChI=1S/C26H31IN2O4/c27-25-20(16-29(14-15-30)26(31)28-21-10-5-2-6-11-21)18-33-23-13-7-12-22(24(23)25)32-17-19-8-3-1-4-9-19/h2,5-7,10-13,18-19,25,30H,1,3-4,8-9,14-17H2,(H,28,31). The van der Waals surface area contributed by atoms with E-state index in [0.717, 1.165) is 29.2 Å². The van der Waals surface area contributed by atoms with Crippen LogP contribution in [0.2, 0.25) is 0 Å². The summed E-state index contributed by atoms with van der Waals surface area (Å²) in [5, 5.41) is 12.4. The number of aliphatic hydroxyl groups is 1. The van der Waals surface area contributed by atoms with Crippen LogP contribution in [0.4, 0.5) is 10.5 Å². The monoisotopic (exact) mass is 562 g/mol. The Morgan fingerprint density at radius 3 is 2.67 bits per heavy atom. The van der Waals surface area contributed by atoms with Gasteiger partial charge in [-0.25, -0.2) is 4.79 Å². The van der Waals surface area contributed by atoms with Crippen LogP contribution in [-0.2, 0) is 0 Å². The van der Waals surface area contributed by atoms with Gasteiger partial charge in [-0.2, -0.15) is 0 Å². The number of carbonyl (C=O) groups is 1. The number of carbonyl (C=O) groups excluding carboxylic acids is 1. The van der Waals surface area contributed by atoms with E-state index in [1.165, 1.54) is 32.1 Å². The van der Waals surface area contributed by atoms with Gasteiger partial charge in [-0.05, 0) is 43.0 Å². The third-order valence-corrected chi connectivity index (χ3v) is 7.62. The molecule has 7 heteroatoms. The molecule has 176 valence electrons. The Bertz CT molecular complexity index is 960. The second-order valence-corrected chi connectivity index (χ2v) is 9.84. The summed E-state index contributed by atoms with van der Waals surface area (Å²) in [6.45, 7) is 1.19. The molecular weight excluding hydrogens is 531 g/mol. The minimum absolute atomic E-state index is 0.000348. The number of nitrogens with zero attached hydrogens (tertiary/aromatic N) is 1. The van der Waals surface area contributed by atoms with E-state index in [1.54, 1.807) is 11.2 Å². The Kier molecular flexibility index (Phi) is 8.50. The zero-order valence-corrected chi connectivity index (χ0v) is 20.9. The lowest BCUT2D eigenvalue weighted by atomic mass is 9.90. The van der Waals surface area contributed by atoms with E-state index in [9.17, 15) is 9.90 Å². The first-order chi connectivity index (χ1) is 16.2. The lowest BCUT2D eigenvalue weighted by molar-refractivity contribution is 0.192. The van der Waals surface area contributed by atoms with Crippen LogP contribution in [0.25, 0.3) is 0 Å². The number of para-hydroxylation sites is 1. The summed E-state index contributed by atoms with van der Waals surface area (Å²) in [5.41, 5.74) is 2.68. The number of halogens is 1. The number of anilines is 1. The summed E-state index contributed by atoms with van der Waals surface area (Å²) in [4.78, 5) is 14.5. The van der Waals surface area contributed by atoms with Crippen molar-refractivity contribution in [2.45, 2.75) is 36.0 Å². The summed E-state index contributed by atoms with van der Waals surface area (Å²) < 4.78 is 12.2. The van der Waals surface area contributed by atoms with Crippen molar-refractivity contribution < 1.29 is 19.4 Å². The molecule has 2 N–H and O–H groups in total. The predicted molar refractivity (Wildman–Crippen MR) is 138 cm³/mol. The van der Waals surface area contributed by atoms with Gasteiger partial charge >= 0.3 is 6.03 Å². The van der Waals surface area contributed by atoms with Gasteiger partial charge in [0.25, 0.3) is 0 Å². The van der Waals surface area contributed by atoms with Crippen LogP contribution in [0.1, 0.15) is 41.6 Å². The fourth-order valence-electron chi connectivity index (χ4n) is 4.38. The summed E-state index contributed by atoms with van der Waals surface area (Å²) in [5.74, 6) is 2.26. The maximum atomic E-state index is 12.9. The van der Waals surface area contributed by atoms with Crippen LogP contribution in [-0.4, -0.2) is 42.3 Å². The predicted octanol–water partition coefficient (Wildman–Crippen LogP) is 5.92. The SMILES string of the molecule is O=C(Nc1ccccc1)N(CCO)CC1=COc2cccc(OCC3CCCCC3)c2C1I. The highest BCUT2D eigenvalue weighted by Crippen LogP contribution is 2.46. The lowest BCUT2D eigenvalue weighted by Gasteiger charge is -2.30. The molecule has 1 aliphatic heterocycles. The van der Waals surface area contributed by atoms with Gasteiger partial charge in [0.15, 0.2) is 0 Å². The van der Waals surface area contributed by atoms with Gasteiger partial charge in [0.05, 0.1) is 29.0 Å². The second kappa shape index (κ2) is 11.7. The molecular formula is C26H31IN2O4. The first kappa shape index (κ1) is 23.9. The van der Waals surface area contributed by atoms with E-state index in [1.807, 2.05) is 48.5 Å². The molecule has 2 aliphatic rings. The minimum Gasteiger partial charge on any atom is -0.493 e. The number of fused-ring (bicyclic) bond motifs is 1. The Hall–Kier alpha value is -2.26. The first-order valence-corrected chi connectivity index (χ1v) is 12.9. The molecule has 33 heavy (non-hydrogen) atoms. The summed E-state index contributed by atoms with van der Waals surface area (Å²) in [7, 11) is 0. The quantitative estimate of drug-likeness (QED) is 0.310. The number of urea groups is 1. The molecule has 0 bridgehead atoms. The average molecular weight is 562 g/mol. The Labute approximate surface area is 209 Å². The molecule has 2 aromatic rings. The molecule has 1 unspecified atom stereocenters. The van der Waals surface area contributed by atoms with Crippen LogP contribution in [0.3, 0.4) is 0 Å². The number of ether oxygens (including phenoxy) is 2. The number of alkyl halides is 1. The van der Waals surface area contributed by atoms with Crippen LogP contribution in [0.5, 0.6) is 11.5 Å². The molecule has 1 fully saturated rings. The maximum Gasteiger partial charge on any atom is 0.322 e. The highest BCUT2D eigenvalue weighted by atomic mass is 127. The molecule has 1 aliphatic carbocycles. The summed E-state index contributed by atoms with van der Waals surface area (Å²) in [6.07, 6.45) is 8.10. The number of hydrogen-bond acceptors (Lipinski definition) is 4. The molecule has 0 aromatic heterocycles. The number of hydrogen-bond donors (Lipinski definition) is 2. The first-order valence-electron chi connectivity index (χ1n) is 11.6. The van der Waals surface area contributed by atoms with E-state index in [2.05, 4.69) is 27.9 Å². The molecule has 2 amide bonds. The van der Waals surface area contributed by atoms with Crippen molar-refractivity contribution in [1.82, 2.24) is 4.90 Å². The van der Waals surface area contributed by atoms with Crippen molar-refractivity contribution in [3.63, 3.8) is 0 Å². The van der Waals surface area contributed by atoms with Gasteiger partial charge in [-0.1, -0.05) is 66.1 Å². The number of amides is 2. The van der Waals surface area contributed by atoms with Crippen molar-refractivity contribution >= 4 is 34.3 Å². The molecule has 1 heterocycles. The smallest absolute Gasteiger partial charge is 0.322 e. The van der Waals surface area contributed by atoms with Gasteiger partial charge in [0.1, 0.15) is 11.5 Å². The normalized spacial score (nSPS) is 18.0. The molecule has 6 nitrogen and oxygen atoms in total. The van der Waals surface area contributed by atoms with Gasteiger partial charge in [0.2, 0.25) is 0 Å².